The second kappa shape index (κ2) is 7.37. The molecule has 112 valence electrons. The van der Waals surface area contributed by atoms with Crippen LogP contribution in [0.15, 0.2) is 29.2 Å². The lowest BCUT2D eigenvalue weighted by molar-refractivity contribution is -0.116. The lowest BCUT2D eigenvalue weighted by Gasteiger charge is -2.08. The van der Waals surface area contributed by atoms with Crippen LogP contribution in [0, 0.1) is 0 Å². The largest absolute Gasteiger partial charge is 0.328 e. The van der Waals surface area contributed by atoms with Gasteiger partial charge in [-0.25, -0.2) is 13.1 Å². The van der Waals surface area contributed by atoms with Gasteiger partial charge in [-0.1, -0.05) is 6.07 Å². The highest BCUT2D eigenvalue weighted by molar-refractivity contribution is 7.89. The topological polar surface area (TPSA) is 101 Å². The van der Waals surface area contributed by atoms with Gasteiger partial charge in [-0.15, -0.1) is 0 Å². The average Bonchev–Trinajstić information content (AvgIpc) is 2.38. The first-order chi connectivity index (χ1) is 9.35. The number of benzene rings is 1. The lowest BCUT2D eigenvalue weighted by atomic mass is 10.1. The first kappa shape index (κ1) is 16.6. The van der Waals surface area contributed by atoms with Crippen LogP contribution in [-0.2, 0) is 14.8 Å². The zero-order chi connectivity index (χ0) is 15.2. The summed E-state index contributed by atoms with van der Waals surface area (Å²) in [7, 11) is -2.16. The normalized spacial score (nSPS) is 12.9. The van der Waals surface area contributed by atoms with Crippen molar-refractivity contribution in [2.45, 2.75) is 37.1 Å². The molecule has 0 aromatic heterocycles. The van der Waals surface area contributed by atoms with E-state index in [1.807, 2.05) is 6.92 Å². The Morgan fingerprint density at radius 2 is 2.10 bits per heavy atom. The number of amides is 1. The first-order valence-corrected chi connectivity index (χ1v) is 7.92. The van der Waals surface area contributed by atoms with Crippen LogP contribution >= 0.6 is 0 Å². The standard InChI is InChI=1S/C13H21N3O3S/c1-10(14)5-3-8-13(17)16-11-6-4-7-12(9-11)20(18,19)15-2/h4,6-7,9-10,15H,3,5,8,14H2,1-2H3,(H,16,17). The molecule has 1 aromatic carbocycles. The highest BCUT2D eigenvalue weighted by Gasteiger charge is 2.12. The van der Waals surface area contributed by atoms with Crippen molar-refractivity contribution in [1.82, 2.24) is 4.72 Å². The van der Waals surface area contributed by atoms with Gasteiger partial charge in [0.25, 0.3) is 0 Å². The summed E-state index contributed by atoms with van der Waals surface area (Å²) in [4.78, 5) is 11.8. The summed E-state index contributed by atoms with van der Waals surface area (Å²) in [5, 5.41) is 2.68. The molecule has 0 bridgehead atoms. The van der Waals surface area contributed by atoms with Gasteiger partial charge in [-0.05, 0) is 45.0 Å². The lowest BCUT2D eigenvalue weighted by Crippen LogP contribution is -2.19. The molecule has 7 heteroatoms. The van der Waals surface area contributed by atoms with Gasteiger partial charge < -0.3 is 11.1 Å². The van der Waals surface area contributed by atoms with E-state index in [-0.39, 0.29) is 16.8 Å². The molecule has 0 spiro atoms. The molecule has 1 unspecified atom stereocenters. The van der Waals surface area contributed by atoms with Gasteiger partial charge in [-0.2, -0.15) is 0 Å². The van der Waals surface area contributed by atoms with Gasteiger partial charge >= 0.3 is 0 Å². The van der Waals surface area contributed by atoms with E-state index < -0.39 is 10.0 Å². The van der Waals surface area contributed by atoms with Crippen molar-refractivity contribution in [3.63, 3.8) is 0 Å². The maximum Gasteiger partial charge on any atom is 0.240 e. The molecule has 0 aliphatic rings. The molecule has 4 N–H and O–H groups in total. The van der Waals surface area contributed by atoms with Gasteiger partial charge in [0, 0.05) is 18.2 Å². The summed E-state index contributed by atoms with van der Waals surface area (Å²) in [6.45, 7) is 1.89. The van der Waals surface area contributed by atoms with E-state index in [0.29, 0.717) is 18.5 Å². The molecule has 1 rings (SSSR count). The predicted octanol–water partition coefficient (Wildman–Crippen LogP) is 1.05. The summed E-state index contributed by atoms with van der Waals surface area (Å²) in [6, 6.07) is 6.21. The molecular formula is C13H21N3O3S. The third kappa shape index (κ3) is 5.28. The maximum atomic E-state index is 11.7. The minimum absolute atomic E-state index is 0.0758. The highest BCUT2D eigenvalue weighted by Crippen LogP contribution is 2.15. The van der Waals surface area contributed by atoms with Crippen LogP contribution in [0.2, 0.25) is 0 Å². The molecule has 0 fully saturated rings. The third-order valence-corrected chi connectivity index (χ3v) is 4.17. The number of sulfonamides is 1. The minimum atomic E-state index is -3.50. The zero-order valence-electron chi connectivity index (χ0n) is 11.7. The summed E-state index contributed by atoms with van der Waals surface area (Å²) in [5.74, 6) is -0.148. The molecule has 0 heterocycles. The van der Waals surface area contributed by atoms with E-state index in [1.165, 1.54) is 19.2 Å². The minimum Gasteiger partial charge on any atom is -0.328 e. The van der Waals surface area contributed by atoms with Gasteiger partial charge in [-0.3, -0.25) is 4.79 Å². The van der Waals surface area contributed by atoms with Gasteiger partial charge in [0.2, 0.25) is 15.9 Å². The number of hydrogen-bond acceptors (Lipinski definition) is 4. The van der Waals surface area contributed by atoms with E-state index in [2.05, 4.69) is 10.0 Å². The van der Waals surface area contributed by atoms with Crippen LogP contribution in [0.5, 0.6) is 0 Å². The molecule has 20 heavy (non-hydrogen) atoms. The molecule has 1 amide bonds. The fourth-order valence-corrected chi connectivity index (χ4v) is 2.44. The number of rotatable bonds is 7. The Morgan fingerprint density at radius 3 is 2.70 bits per heavy atom. The molecular weight excluding hydrogens is 278 g/mol. The molecule has 0 radical (unpaired) electrons. The van der Waals surface area contributed by atoms with Crippen LogP contribution in [0.3, 0.4) is 0 Å². The van der Waals surface area contributed by atoms with E-state index in [1.54, 1.807) is 12.1 Å². The Hall–Kier alpha value is -1.44. The molecule has 1 aromatic rings. The van der Waals surface area contributed by atoms with Crippen LogP contribution in [0.4, 0.5) is 5.69 Å². The molecule has 6 nitrogen and oxygen atoms in total. The van der Waals surface area contributed by atoms with Gasteiger partial charge in [0.15, 0.2) is 0 Å². The number of carbonyl (C=O) groups excluding carboxylic acids is 1. The number of hydrogen-bond donors (Lipinski definition) is 3. The summed E-state index contributed by atoms with van der Waals surface area (Å²) in [6.07, 6.45) is 1.85. The maximum absolute atomic E-state index is 11.7. The van der Waals surface area contributed by atoms with E-state index in [4.69, 9.17) is 5.73 Å². The van der Waals surface area contributed by atoms with Crippen LogP contribution in [-0.4, -0.2) is 27.4 Å². The highest BCUT2D eigenvalue weighted by atomic mass is 32.2. The van der Waals surface area contributed by atoms with Crippen LogP contribution < -0.4 is 15.8 Å². The predicted molar refractivity (Wildman–Crippen MR) is 78.8 cm³/mol. The Labute approximate surface area is 119 Å². The van der Waals surface area contributed by atoms with Crippen molar-refractivity contribution in [1.29, 1.82) is 0 Å². The Bertz CT molecular complexity index is 556. The average molecular weight is 299 g/mol. The van der Waals surface area contributed by atoms with Gasteiger partial charge in [0.1, 0.15) is 0 Å². The third-order valence-electron chi connectivity index (χ3n) is 2.76. The van der Waals surface area contributed by atoms with E-state index in [9.17, 15) is 13.2 Å². The quantitative estimate of drug-likeness (QED) is 0.700. The first-order valence-electron chi connectivity index (χ1n) is 6.44. The van der Waals surface area contributed by atoms with Crippen molar-refractivity contribution in [3.05, 3.63) is 24.3 Å². The fraction of sp³-hybridized carbons (Fsp3) is 0.462. The fourth-order valence-electron chi connectivity index (χ4n) is 1.67. The molecule has 1 atom stereocenters. The number of carbonyl (C=O) groups is 1. The summed E-state index contributed by atoms with van der Waals surface area (Å²) >= 11 is 0. The molecule has 0 saturated heterocycles. The number of anilines is 1. The van der Waals surface area contributed by atoms with Crippen molar-refractivity contribution in [2.24, 2.45) is 5.73 Å². The van der Waals surface area contributed by atoms with Crippen LogP contribution in [0.25, 0.3) is 0 Å². The van der Waals surface area contributed by atoms with Crippen LogP contribution in [0.1, 0.15) is 26.2 Å². The molecule has 0 aliphatic carbocycles. The van der Waals surface area contributed by atoms with Crippen molar-refractivity contribution in [2.75, 3.05) is 12.4 Å². The second-order valence-corrected chi connectivity index (χ2v) is 6.54. The SMILES string of the molecule is CNS(=O)(=O)c1cccc(NC(=O)CCCC(C)N)c1. The Morgan fingerprint density at radius 1 is 1.40 bits per heavy atom. The second-order valence-electron chi connectivity index (χ2n) is 4.65. The van der Waals surface area contributed by atoms with Crippen molar-refractivity contribution >= 4 is 21.6 Å². The van der Waals surface area contributed by atoms with Crippen molar-refractivity contribution in [3.8, 4) is 0 Å². The van der Waals surface area contributed by atoms with Gasteiger partial charge in [0.05, 0.1) is 4.90 Å². The van der Waals surface area contributed by atoms with E-state index >= 15 is 0 Å². The Balaban J connectivity index is 2.65. The molecule has 0 aliphatic heterocycles. The number of nitrogens with one attached hydrogen (secondary N) is 2. The zero-order valence-corrected chi connectivity index (χ0v) is 12.5. The smallest absolute Gasteiger partial charge is 0.240 e. The summed E-state index contributed by atoms with van der Waals surface area (Å²) in [5.41, 5.74) is 6.07. The Kier molecular flexibility index (Phi) is 6.12. The van der Waals surface area contributed by atoms with E-state index in [0.717, 1.165) is 6.42 Å². The number of nitrogens with two attached hydrogens (primary N) is 1. The monoisotopic (exact) mass is 299 g/mol. The molecule has 0 saturated carbocycles. The van der Waals surface area contributed by atoms with Crippen molar-refractivity contribution < 1.29 is 13.2 Å². The summed E-state index contributed by atoms with van der Waals surface area (Å²) < 4.78 is 25.5.